The second-order valence-electron chi connectivity index (χ2n) is 5.15. The molecule has 0 atom stereocenters. The Kier molecular flexibility index (Phi) is 2.89. The number of nitrogens with zero attached hydrogens (tertiary/aromatic N) is 1. The van der Waals surface area contributed by atoms with Gasteiger partial charge >= 0.3 is 0 Å². The lowest BCUT2D eigenvalue weighted by molar-refractivity contribution is 0.167. The van der Waals surface area contributed by atoms with E-state index >= 15 is 0 Å². The fraction of sp³-hybridized carbons (Fsp3) is 0.538. The van der Waals surface area contributed by atoms with Gasteiger partial charge in [0.1, 0.15) is 5.82 Å². The predicted molar refractivity (Wildman–Crippen MR) is 64.5 cm³/mol. The molecule has 1 fully saturated rings. The van der Waals surface area contributed by atoms with Crippen molar-refractivity contribution >= 4 is 5.69 Å². The molecule has 0 spiro atoms. The molecule has 3 heteroatoms. The molecule has 1 saturated heterocycles. The van der Waals surface area contributed by atoms with Crippen molar-refractivity contribution in [2.75, 3.05) is 12.3 Å². The number of para-hydroxylation sites is 1. The van der Waals surface area contributed by atoms with Gasteiger partial charge in [-0.25, -0.2) is 4.39 Å². The van der Waals surface area contributed by atoms with Crippen molar-refractivity contribution in [2.24, 2.45) is 0 Å². The molecule has 0 amide bonds. The van der Waals surface area contributed by atoms with E-state index in [0.29, 0.717) is 5.69 Å². The number of benzene rings is 1. The highest BCUT2D eigenvalue weighted by Gasteiger charge is 2.31. The molecule has 1 heterocycles. The second-order valence-corrected chi connectivity index (χ2v) is 5.15. The average molecular weight is 222 g/mol. The SMILES string of the molecule is CC1(C)CCCN1Cc1cccc(F)c1N. The third kappa shape index (κ3) is 2.05. The maximum absolute atomic E-state index is 13.3. The second kappa shape index (κ2) is 4.06. The van der Waals surface area contributed by atoms with Gasteiger partial charge in [-0.15, -0.1) is 0 Å². The van der Waals surface area contributed by atoms with Crippen LogP contribution in [0.25, 0.3) is 0 Å². The molecule has 2 rings (SSSR count). The molecule has 0 unspecified atom stereocenters. The molecule has 0 aromatic heterocycles. The third-order valence-electron chi connectivity index (χ3n) is 3.58. The van der Waals surface area contributed by atoms with Crippen LogP contribution in [0.3, 0.4) is 0 Å². The molecule has 1 aliphatic heterocycles. The van der Waals surface area contributed by atoms with Gasteiger partial charge in [0, 0.05) is 12.1 Å². The van der Waals surface area contributed by atoms with Crippen molar-refractivity contribution in [1.82, 2.24) is 4.90 Å². The van der Waals surface area contributed by atoms with Crippen LogP contribution in [0.15, 0.2) is 18.2 Å². The highest BCUT2D eigenvalue weighted by atomic mass is 19.1. The maximum Gasteiger partial charge on any atom is 0.146 e. The first kappa shape index (κ1) is 11.4. The van der Waals surface area contributed by atoms with Crippen LogP contribution in [-0.4, -0.2) is 17.0 Å². The molecule has 0 radical (unpaired) electrons. The first-order valence-electron chi connectivity index (χ1n) is 5.78. The summed E-state index contributed by atoms with van der Waals surface area (Å²) in [5.41, 5.74) is 7.15. The van der Waals surface area contributed by atoms with E-state index in [2.05, 4.69) is 18.7 Å². The number of rotatable bonds is 2. The van der Waals surface area contributed by atoms with Crippen LogP contribution in [0.5, 0.6) is 0 Å². The summed E-state index contributed by atoms with van der Waals surface area (Å²) in [6.07, 6.45) is 2.41. The van der Waals surface area contributed by atoms with E-state index < -0.39 is 0 Å². The molecule has 1 aromatic carbocycles. The summed E-state index contributed by atoms with van der Waals surface area (Å²) >= 11 is 0. The van der Waals surface area contributed by atoms with E-state index in [0.717, 1.165) is 18.7 Å². The Balaban J connectivity index is 2.18. The van der Waals surface area contributed by atoms with Gasteiger partial charge in [0.15, 0.2) is 0 Å². The first-order valence-corrected chi connectivity index (χ1v) is 5.78. The van der Waals surface area contributed by atoms with E-state index in [-0.39, 0.29) is 11.4 Å². The van der Waals surface area contributed by atoms with Gasteiger partial charge in [-0.3, -0.25) is 4.90 Å². The number of nitrogens with two attached hydrogens (primary N) is 1. The van der Waals surface area contributed by atoms with Crippen LogP contribution < -0.4 is 5.73 Å². The molecule has 2 nitrogen and oxygen atoms in total. The van der Waals surface area contributed by atoms with E-state index in [1.54, 1.807) is 6.07 Å². The minimum Gasteiger partial charge on any atom is -0.396 e. The van der Waals surface area contributed by atoms with Crippen molar-refractivity contribution in [3.05, 3.63) is 29.6 Å². The van der Waals surface area contributed by atoms with Gasteiger partial charge in [0.05, 0.1) is 5.69 Å². The molecule has 0 bridgehead atoms. The van der Waals surface area contributed by atoms with Gasteiger partial charge in [0.25, 0.3) is 0 Å². The summed E-state index contributed by atoms with van der Waals surface area (Å²) in [5, 5.41) is 0. The van der Waals surface area contributed by atoms with E-state index in [9.17, 15) is 4.39 Å². The zero-order chi connectivity index (χ0) is 11.8. The number of nitrogen functional groups attached to an aromatic ring is 1. The normalized spacial score (nSPS) is 20.2. The standard InChI is InChI=1S/C13H19FN2/c1-13(2)7-4-8-16(13)9-10-5-3-6-11(14)12(10)15/h3,5-6H,4,7-9,15H2,1-2H3. The number of halogens is 1. The Morgan fingerprint density at radius 3 is 2.81 bits per heavy atom. The maximum atomic E-state index is 13.3. The van der Waals surface area contributed by atoms with Crippen LogP contribution in [0.4, 0.5) is 10.1 Å². The summed E-state index contributed by atoms with van der Waals surface area (Å²) < 4.78 is 13.3. The van der Waals surface area contributed by atoms with E-state index in [4.69, 9.17) is 5.73 Å². The molecule has 1 aliphatic rings. The molecule has 0 saturated carbocycles. The summed E-state index contributed by atoms with van der Waals surface area (Å²) in [7, 11) is 0. The average Bonchev–Trinajstić information content (AvgIpc) is 2.54. The summed E-state index contributed by atoms with van der Waals surface area (Å²) in [6, 6.07) is 5.05. The fourth-order valence-corrected chi connectivity index (χ4v) is 2.38. The molecule has 16 heavy (non-hydrogen) atoms. The highest BCUT2D eigenvalue weighted by Crippen LogP contribution is 2.31. The van der Waals surface area contributed by atoms with Crippen molar-refractivity contribution in [3.8, 4) is 0 Å². The largest absolute Gasteiger partial charge is 0.396 e. The number of anilines is 1. The number of likely N-dealkylation sites (tertiary alicyclic amines) is 1. The lowest BCUT2D eigenvalue weighted by atomic mass is 10.0. The fourth-order valence-electron chi connectivity index (χ4n) is 2.38. The van der Waals surface area contributed by atoms with Crippen molar-refractivity contribution in [2.45, 2.75) is 38.8 Å². The van der Waals surface area contributed by atoms with Crippen LogP contribution in [0, 0.1) is 5.82 Å². The molecule has 88 valence electrons. The Morgan fingerprint density at radius 2 is 2.19 bits per heavy atom. The van der Waals surface area contributed by atoms with Gasteiger partial charge in [0.2, 0.25) is 0 Å². The summed E-state index contributed by atoms with van der Waals surface area (Å²) in [5.74, 6) is -0.311. The zero-order valence-corrected chi connectivity index (χ0v) is 9.96. The van der Waals surface area contributed by atoms with Crippen LogP contribution in [0.1, 0.15) is 32.3 Å². The lowest BCUT2D eigenvalue weighted by Gasteiger charge is -2.31. The summed E-state index contributed by atoms with van der Waals surface area (Å²) in [6.45, 7) is 6.28. The monoisotopic (exact) mass is 222 g/mol. The Morgan fingerprint density at radius 1 is 1.44 bits per heavy atom. The van der Waals surface area contributed by atoms with Gasteiger partial charge < -0.3 is 5.73 Å². The smallest absolute Gasteiger partial charge is 0.146 e. The van der Waals surface area contributed by atoms with Crippen LogP contribution >= 0.6 is 0 Å². The minimum absolute atomic E-state index is 0.207. The minimum atomic E-state index is -0.311. The van der Waals surface area contributed by atoms with Crippen molar-refractivity contribution in [1.29, 1.82) is 0 Å². The molecule has 1 aromatic rings. The zero-order valence-electron chi connectivity index (χ0n) is 9.96. The van der Waals surface area contributed by atoms with Crippen LogP contribution in [-0.2, 0) is 6.54 Å². The quantitative estimate of drug-likeness (QED) is 0.780. The molecular weight excluding hydrogens is 203 g/mol. The Bertz CT molecular complexity index is 388. The molecular formula is C13H19FN2. The van der Waals surface area contributed by atoms with Gasteiger partial charge in [-0.1, -0.05) is 12.1 Å². The predicted octanol–water partition coefficient (Wildman–Crippen LogP) is 2.78. The van der Waals surface area contributed by atoms with E-state index in [1.165, 1.54) is 18.9 Å². The number of hydrogen-bond donors (Lipinski definition) is 1. The van der Waals surface area contributed by atoms with Crippen molar-refractivity contribution < 1.29 is 4.39 Å². The van der Waals surface area contributed by atoms with E-state index in [1.807, 2.05) is 6.07 Å². The van der Waals surface area contributed by atoms with Gasteiger partial charge in [-0.05, 0) is 44.9 Å². The topological polar surface area (TPSA) is 29.3 Å². The lowest BCUT2D eigenvalue weighted by Crippen LogP contribution is -2.37. The van der Waals surface area contributed by atoms with Crippen LogP contribution in [0.2, 0.25) is 0 Å². The number of hydrogen-bond acceptors (Lipinski definition) is 2. The van der Waals surface area contributed by atoms with Gasteiger partial charge in [-0.2, -0.15) is 0 Å². The van der Waals surface area contributed by atoms with Crippen molar-refractivity contribution in [3.63, 3.8) is 0 Å². The third-order valence-corrected chi connectivity index (χ3v) is 3.58. The Labute approximate surface area is 96.2 Å². The highest BCUT2D eigenvalue weighted by molar-refractivity contribution is 5.47. The molecule has 2 N–H and O–H groups in total. The Hall–Kier alpha value is -1.09. The first-order chi connectivity index (χ1) is 7.50. The summed E-state index contributed by atoms with van der Waals surface area (Å²) in [4.78, 5) is 2.37. The molecule has 0 aliphatic carbocycles.